The van der Waals surface area contributed by atoms with Gasteiger partial charge >= 0.3 is 0 Å². The lowest BCUT2D eigenvalue weighted by molar-refractivity contribution is -0.106. The summed E-state index contributed by atoms with van der Waals surface area (Å²) in [6.45, 7) is 5.87. The molecule has 0 heterocycles. The molecule has 0 aliphatic carbocycles. The van der Waals surface area contributed by atoms with Crippen LogP contribution in [0.2, 0.25) is 0 Å². The Morgan fingerprint density at radius 2 is 1.94 bits per heavy atom. The molecule has 1 atom stereocenters. The first-order valence-electron chi connectivity index (χ1n) is 6.47. The van der Waals surface area contributed by atoms with E-state index in [4.69, 9.17) is 4.74 Å². The molecule has 0 radical (unpaired) electrons. The van der Waals surface area contributed by atoms with Gasteiger partial charge in [-0.3, -0.25) is 0 Å². The normalized spacial score (nSPS) is 13.7. The van der Waals surface area contributed by atoms with Crippen molar-refractivity contribution in [2.24, 2.45) is 0 Å². The summed E-state index contributed by atoms with van der Waals surface area (Å²) < 4.78 is 18.5. The Labute approximate surface area is 109 Å². The van der Waals surface area contributed by atoms with E-state index in [1.165, 1.54) is 12.1 Å². The van der Waals surface area contributed by atoms with E-state index in [0.29, 0.717) is 6.42 Å². The van der Waals surface area contributed by atoms with Crippen molar-refractivity contribution in [2.75, 3.05) is 7.11 Å². The van der Waals surface area contributed by atoms with Gasteiger partial charge in [0.1, 0.15) is 5.82 Å². The molecule has 1 rings (SSSR count). The van der Waals surface area contributed by atoms with Gasteiger partial charge in [0.15, 0.2) is 0 Å². The SMILES string of the molecule is CCC(CC)(OC)C(O)Cc1ccc(F)cc1C. The summed E-state index contributed by atoms with van der Waals surface area (Å²) in [5.41, 5.74) is 1.32. The third kappa shape index (κ3) is 3.09. The molecular weight excluding hydrogens is 231 g/mol. The summed E-state index contributed by atoms with van der Waals surface area (Å²) in [6, 6.07) is 4.66. The minimum absolute atomic E-state index is 0.241. The number of aliphatic hydroxyl groups is 1. The van der Waals surface area contributed by atoms with Crippen LogP contribution in [0.25, 0.3) is 0 Å². The Hall–Kier alpha value is -0.930. The first kappa shape index (κ1) is 15.1. The molecular formula is C15H23FO2. The molecule has 3 heteroatoms. The lowest BCUT2D eigenvalue weighted by atomic mass is 9.86. The number of halogens is 1. The van der Waals surface area contributed by atoms with E-state index in [-0.39, 0.29) is 5.82 Å². The van der Waals surface area contributed by atoms with Gasteiger partial charge in [0.25, 0.3) is 0 Å². The lowest BCUT2D eigenvalue weighted by Gasteiger charge is -2.35. The van der Waals surface area contributed by atoms with Crippen molar-refractivity contribution in [1.82, 2.24) is 0 Å². The van der Waals surface area contributed by atoms with E-state index in [2.05, 4.69) is 0 Å². The highest BCUT2D eigenvalue weighted by molar-refractivity contribution is 5.27. The number of methoxy groups -OCH3 is 1. The fourth-order valence-corrected chi connectivity index (χ4v) is 2.43. The van der Waals surface area contributed by atoms with Crippen molar-refractivity contribution >= 4 is 0 Å². The summed E-state index contributed by atoms with van der Waals surface area (Å²) in [4.78, 5) is 0. The molecule has 1 aromatic rings. The molecule has 1 N–H and O–H groups in total. The largest absolute Gasteiger partial charge is 0.390 e. The second-order valence-electron chi connectivity index (χ2n) is 4.77. The fraction of sp³-hybridized carbons (Fsp3) is 0.600. The zero-order chi connectivity index (χ0) is 13.8. The molecule has 1 aromatic carbocycles. The molecule has 18 heavy (non-hydrogen) atoms. The molecule has 2 nitrogen and oxygen atoms in total. The highest BCUT2D eigenvalue weighted by atomic mass is 19.1. The van der Waals surface area contributed by atoms with Crippen molar-refractivity contribution in [3.8, 4) is 0 Å². The predicted molar refractivity (Wildman–Crippen MR) is 71.2 cm³/mol. The van der Waals surface area contributed by atoms with Crippen LogP contribution in [0, 0.1) is 12.7 Å². The number of benzene rings is 1. The van der Waals surface area contributed by atoms with Gasteiger partial charge in [0.05, 0.1) is 11.7 Å². The van der Waals surface area contributed by atoms with Gasteiger partial charge in [-0.05, 0) is 43.0 Å². The van der Waals surface area contributed by atoms with Crippen molar-refractivity contribution in [2.45, 2.75) is 51.7 Å². The maximum Gasteiger partial charge on any atom is 0.123 e. The van der Waals surface area contributed by atoms with E-state index >= 15 is 0 Å². The van der Waals surface area contributed by atoms with E-state index in [0.717, 1.165) is 24.0 Å². The molecule has 0 amide bonds. The van der Waals surface area contributed by atoms with E-state index in [9.17, 15) is 9.50 Å². The summed E-state index contributed by atoms with van der Waals surface area (Å²) >= 11 is 0. The van der Waals surface area contributed by atoms with Crippen molar-refractivity contribution in [3.63, 3.8) is 0 Å². The monoisotopic (exact) mass is 254 g/mol. The van der Waals surface area contributed by atoms with Gasteiger partial charge in [-0.1, -0.05) is 19.9 Å². The van der Waals surface area contributed by atoms with Gasteiger partial charge in [-0.2, -0.15) is 0 Å². The van der Waals surface area contributed by atoms with Crippen molar-refractivity contribution < 1.29 is 14.2 Å². The number of ether oxygens (including phenoxy) is 1. The molecule has 0 saturated heterocycles. The molecule has 1 unspecified atom stereocenters. The lowest BCUT2D eigenvalue weighted by Crippen LogP contribution is -2.44. The van der Waals surface area contributed by atoms with Crippen molar-refractivity contribution in [1.29, 1.82) is 0 Å². The highest BCUT2D eigenvalue weighted by Crippen LogP contribution is 2.27. The van der Waals surface area contributed by atoms with Crippen molar-refractivity contribution in [3.05, 3.63) is 35.1 Å². The first-order valence-corrected chi connectivity index (χ1v) is 6.47. The van der Waals surface area contributed by atoms with Crippen LogP contribution in [0.1, 0.15) is 37.8 Å². The standard InChI is InChI=1S/C15H23FO2/c1-5-15(6-2,18-4)14(17)10-12-7-8-13(16)9-11(12)3/h7-9,14,17H,5-6,10H2,1-4H3. The van der Waals surface area contributed by atoms with Crippen LogP contribution in [-0.2, 0) is 11.2 Å². The average molecular weight is 254 g/mol. The van der Waals surface area contributed by atoms with E-state index < -0.39 is 11.7 Å². The van der Waals surface area contributed by atoms with Crippen LogP contribution in [0.4, 0.5) is 4.39 Å². The Bertz CT molecular complexity index is 378. The van der Waals surface area contributed by atoms with Gasteiger partial charge in [0.2, 0.25) is 0 Å². The minimum atomic E-state index is -0.582. The fourth-order valence-electron chi connectivity index (χ4n) is 2.43. The van der Waals surface area contributed by atoms with Crippen LogP contribution >= 0.6 is 0 Å². The van der Waals surface area contributed by atoms with Gasteiger partial charge in [-0.15, -0.1) is 0 Å². The van der Waals surface area contributed by atoms with Crippen LogP contribution in [0.3, 0.4) is 0 Å². The maximum absolute atomic E-state index is 13.0. The van der Waals surface area contributed by atoms with Crippen LogP contribution in [0.15, 0.2) is 18.2 Å². The number of aliphatic hydroxyl groups excluding tert-OH is 1. The second-order valence-corrected chi connectivity index (χ2v) is 4.77. The Morgan fingerprint density at radius 1 is 1.33 bits per heavy atom. The second kappa shape index (κ2) is 6.30. The molecule has 0 aromatic heterocycles. The van der Waals surface area contributed by atoms with Gasteiger partial charge in [-0.25, -0.2) is 4.39 Å². The molecule has 0 aliphatic rings. The highest BCUT2D eigenvalue weighted by Gasteiger charge is 2.34. The van der Waals surface area contributed by atoms with E-state index in [1.54, 1.807) is 13.2 Å². The molecule has 0 aliphatic heterocycles. The molecule has 102 valence electrons. The van der Waals surface area contributed by atoms with Crippen LogP contribution in [0.5, 0.6) is 0 Å². The average Bonchev–Trinajstić information content (AvgIpc) is 2.36. The smallest absolute Gasteiger partial charge is 0.123 e. The molecule has 0 bridgehead atoms. The number of hydrogen-bond donors (Lipinski definition) is 1. The van der Waals surface area contributed by atoms with E-state index in [1.807, 2.05) is 20.8 Å². The summed E-state index contributed by atoms with van der Waals surface area (Å²) in [7, 11) is 1.63. The third-order valence-corrected chi connectivity index (χ3v) is 3.93. The Balaban J connectivity index is 2.89. The van der Waals surface area contributed by atoms with Gasteiger partial charge in [0, 0.05) is 13.5 Å². The first-order chi connectivity index (χ1) is 8.49. The topological polar surface area (TPSA) is 29.5 Å². The third-order valence-electron chi connectivity index (χ3n) is 3.93. The molecule has 0 fully saturated rings. The number of aryl methyl sites for hydroxylation is 1. The minimum Gasteiger partial charge on any atom is -0.390 e. The Morgan fingerprint density at radius 3 is 2.39 bits per heavy atom. The number of rotatable bonds is 6. The van der Waals surface area contributed by atoms with Crippen LogP contribution < -0.4 is 0 Å². The quantitative estimate of drug-likeness (QED) is 0.844. The molecule has 0 spiro atoms. The zero-order valence-corrected chi connectivity index (χ0v) is 11.7. The summed E-state index contributed by atoms with van der Waals surface area (Å²) in [5, 5.41) is 10.4. The van der Waals surface area contributed by atoms with Gasteiger partial charge < -0.3 is 9.84 Å². The van der Waals surface area contributed by atoms with Crippen LogP contribution in [-0.4, -0.2) is 23.9 Å². The Kier molecular flexibility index (Phi) is 5.29. The maximum atomic E-state index is 13.0. The summed E-state index contributed by atoms with van der Waals surface area (Å²) in [6.07, 6.45) is 1.41. The molecule has 0 saturated carbocycles. The number of hydrogen-bond acceptors (Lipinski definition) is 2. The zero-order valence-electron chi connectivity index (χ0n) is 11.7. The summed E-state index contributed by atoms with van der Waals surface area (Å²) in [5.74, 6) is -0.241. The predicted octanol–water partition coefficient (Wildman–Crippen LogP) is 3.24.